The highest BCUT2D eigenvalue weighted by molar-refractivity contribution is 9.09. The molecule has 0 aromatic carbocycles. The first-order valence-corrected chi connectivity index (χ1v) is 7.11. The number of hydrogen-bond donors (Lipinski definition) is 0. The summed E-state index contributed by atoms with van der Waals surface area (Å²) in [6, 6.07) is 0.139. The van der Waals surface area contributed by atoms with Crippen LogP contribution in [0.4, 0.5) is 0 Å². The lowest BCUT2D eigenvalue weighted by Gasteiger charge is -2.56. The van der Waals surface area contributed by atoms with E-state index in [4.69, 9.17) is 4.74 Å². The van der Waals surface area contributed by atoms with E-state index in [9.17, 15) is 4.79 Å². The molecule has 1 saturated carbocycles. The first-order chi connectivity index (χ1) is 7.93. The molecule has 3 nitrogen and oxygen atoms in total. The lowest BCUT2D eigenvalue weighted by molar-refractivity contribution is -0.186. The molecule has 0 spiro atoms. The van der Waals surface area contributed by atoms with Crippen LogP contribution in [-0.4, -0.2) is 40.9 Å². The fourth-order valence-electron chi connectivity index (χ4n) is 2.70. The molecule has 0 aromatic rings. The van der Waals surface area contributed by atoms with Gasteiger partial charge < -0.3 is 9.64 Å². The van der Waals surface area contributed by atoms with Crippen LogP contribution in [0.25, 0.3) is 0 Å². The van der Waals surface area contributed by atoms with Gasteiger partial charge in [-0.15, -0.1) is 6.58 Å². The van der Waals surface area contributed by atoms with E-state index >= 15 is 0 Å². The Labute approximate surface area is 111 Å². The Morgan fingerprint density at radius 1 is 1.65 bits per heavy atom. The van der Waals surface area contributed by atoms with Crippen LogP contribution in [0, 0.1) is 5.41 Å². The summed E-state index contributed by atoms with van der Waals surface area (Å²) in [6.07, 6.45) is 3.70. The summed E-state index contributed by atoms with van der Waals surface area (Å²) in [4.78, 5) is 14.1. The van der Waals surface area contributed by atoms with Gasteiger partial charge in [-0.1, -0.05) is 35.9 Å². The zero-order valence-electron chi connectivity index (χ0n) is 10.7. The van der Waals surface area contributed by atoms with E-state index in [1.54, 1.807) is 7.11 Å². The summed E-state index contributed by atoms with van der Waals surface area (Å²) in [5.74, 6) is 0.115. The molecule has 0 bridgehead atoms. The average molecular weight is 302 g/mol. The number of hydrogen-bond acceptors (Lipinski definition) is 2. The van der Waals surface area contributed by atoms with Gasteiger partial charge in [0, 0.05) is 12.4 Å². The van der Waals surface area contributed by atoms with Gasteiger partial charge in [-0.25, -0.2) is 0 Å². The van der Waals surface area contributed by atoms with E-state index < -0.39 is 0 Å². The van der Waals surface area contributed by atoms with Crippen LogP contribution in [0.3, 0.4) is 0 Å². The summed E-state index contributed by atoms with van der Waals surface area (Å²) >= 11 is 3.54. The van der Waals surface area contributed by atoms with E-state index in [-0.39, 0.29) is 29.0 Å². The minimum atomic E-state index is -0.292. The number of carbonyl (C=O) groups excluding carboxylic acids is 1. The molecule has 1 aliphatic carbocycles. The molecule has 1 amide bonds. The van der Waals surface area contributed by atoms with Crippen molar-refractivity contribution in [2.75, 3.05) is 12.4 Å². The second-order valence-electron chi connectivity index (χ2n) is 5.74. The SMILES string of the molecule is C=CC1(N2C(=O)[C@@H](OC)[C@H]2C(C)(C)CBr)CC1. The van der Waals surface area contributed by atoms with Gasteiger partial charge in [0.05, 0.1) is 11.6 Å². The van der Waals surface area contributed by atoms with Crippen molar-refractivity contribution in [3.63, 3.8) is 0 Å². The Balaban J connectivity index is 2.27. The van der Waals surface area contributed by atoms with Crippen molar-refractivity contribution in [2.24, 2.45) is 5.41 Å². The highest BCUT2D eigenvalue weighted by atomic mass is 79.9. The van der Waals surface area contributed by atoms with Crippen LogP contribution < -0.4 is 0 Å². The lowest BCUT2D eigenvalue weighted by Crippen LogP contribution is -2.73. The maximum Gasteiger partial charge on any atom is 0.254 e. The van der Waals surface area contributed by atoms with Crippen molar-refractivity contribution >= 4 is 21.8 Å². The molecule has 1 saturated heterocycles. The number of halogens is 1. The number of methoxy groups -OCH3 is 1. The van der Waals surface area contributed by atoms with Gasteiger partial charge >= 0.3 is 0 Å². The molecule has 4 heteroatoms. The molecule has 2 fully saturated rings. The number of nitrogens with zero attached hydrogens (tertiary/aromatic N) is 1. The summed E-state index contributed by atoms with van der Waals surface area (Å²) in [5.41, 5.74) is -0.0800. The first kappa shape index (κ1) is 13.1. The predicted octanol–water partition coefficient (Wildman–Crippen LogP) is 2.35. The Hall–Kier alpha value is -0.350. The third kappa shape index (κ3) is 1.76. The van der Waals surface area contributed by atoms with E-state index in [0.717, 1.165) is 18.2 Å². The normalized spacial score (nSPS) is 31.1. The van der Waals surface area contributed by atoms with Crippen molar-refractivity contribution in [2.45, 2.75) is 44.4 Å². The molecule has 2 atom stereocenters. The molecular weight excluding hydrogens is 282 g/mol. The maximum atomic E-state index is 12.1. The number of amides is 1. The zero-order valence-corrected chi connectivity index (χ0v) is 12.3. The summed E-state index contributed by atoms with van der Waals surface area (Å²) in [6.45, 7) is 8.21. The standard InChI is InChI=1S/C13H20BrNO2/c1-5-13(6-7-13)15-10(12(2,3)8-14)9(17-4)11(15)16/h5,9-10H,1,6-8H2,2-4H3/t9-,10-/m0/s1. The van der Waals surface area contributed by atoms with Crippen molar-refractivity contribution in [1.29, 1.82) is 0 Å². The number of ether oxygens (including phenoxy) is 1. The largest absolute Gasteiger partial charge is 0.369 e. The van der Waals surface area contributed by atoms with Crippen LogP contribution in [-0.2, 0) is 9.53 Å². The van der Waals surface area contributed by atoms with E-state index in [1.165, 1.54) is 0 Å². The Morgan fingerprint density at radius 2 is 2.24 bits per heavy atom. The molecule has 17 heavy (non-hydrogen) atoms. The molecule has 96 valence electrons. The molecule has 0 unspecified atom stereocenters. The van der Waals surface area contributed by atoms with Crippen molar-refractivity contribution in [3.05, 3.63) is 12.7 Å². The fourth-order valence-corrected chi connectivity index (χ4v) is 3.03. The monoisotopic (exact) mass is 301 g/mol. The van der Waals surface area contributed by atoms with Gasteiger partial charge in [-0.3, -0.25) is 4.79 Å². The van der Waals surface area contributed by atoms with Crippen molar-refractivity contribution in [3.8, 4) is 0 Å². The predicted molar refractivity (Wildman–Crippen MR) is 71.2 cm³/mol. The minimum Gasteiger partial charge on any atom is -0.369 e. The van der Waals surface area contributed by atoms with Gasteiger partial charge in [0.2, 0.25) is 0 Å². The zero-order chi connectivity index (χ0) is 12.8. The molecule has 2 aliphatic rings. The highest BCUT2D eigenvalue weighted by Crippen LogP contribution is 2.52. The van der Waals surface area contributed by atoms with Crippen LogP contribution in [0.15, 0.2) is 12.7 Å². The van der Waals surface area contributed by atoms with Gasteiger partial charge in [-0.05, 0) is 18.3 Å². The minimum absolute atomic E-state index is 0.00713. The molecule has 0 radical (unpaired) electrons. The molecule has 2 rings (SSSR count). The topological polar surface area (TPSA) is 29.5 Å². The number of β-lactam (4-membered cyclic amide) rings is 1. The third-order valence-electron chi connectivity index (χ3n) is 4.07. The second kappa shape index (κ2) is 4.09. The number of alkyl halides is 1. The van der Waals surface area contributed by atoms with Crippen LogP contribution >= 0.6 is 15.9 Å². The number of rotatable bonds is 5. The van der Waals surface area contributed by atoms with E-state index in [0.29, 0.717) is 0 Å². The van der Waals surface area contributed by atoms with E-state index in [2.05, 4.69) is 36.4 Å². The summed E-state index contributed by atoms with van der Waals surface area (Å²) < 4.78 is 5.35. The van der Waals surface area contributed by atoms with E-state index in [1.807, 2.05) is 11.0 Å². The molecule has 1 heterocycles. The maximum absolute atomic E-state index is 12.1. The number of likely N-dealkylation sites (tertiary alicyclic amines) is 1. The highest BCUT2D eigenvalue weighted by Gasteiger charge is 2.63. The fraction of sp³-hybridized carbons (Fsp3) is 0.769. The van der Waals surface area contributed by atoms with Crippen LogP contribution in [0.5, 0.6) is 0 Å². The molecule has 1 aliphatic heterocycles. The van der Waals surface area contributed by atoms with Gasteiger partial charge in [0.25, 0.3) is 5.91 Å². The van der Waals surface area contributed by atoms with Crippen LogP contribution in [0.1, 0.15) is 26.7 Å². The smallest absolute Gasteiger partial charge is 0.254 e. The average Bonchev–Trinajstić information content (AvgIpc) is 3.07. The summed E-state index contributed by atoms with van der Waals surface area (Å²) in [7, 11) is 1.62. The van der Waals surface area contributed by atoms with Crippen molar-refractivity contribution in [1.82, 2.24) is 4.90 Å². The summed E-state index contributed by atoms with van der Waals surface area (Å²) in [5, 5.41) is 0.849. The Morgan fingerprint density at radius 3 is 2.59 bits per heavy atom. The third-order valence-corrected chi connectivity index (χ3v) is 5.51. The molecule has 0 aromatic heterocycles. The van der Waals surface area contributed by atoms with Crippen LogP contribution in [0.2, 0.25) is 0 Å². The molecule has 0 N–H and O–H groups in total. The first-order valence-electron chi connectivity index (χ1n) is 5.99. The molecular formula is C13H20BrNO2. The second-order valence-corrected chi connectivity index (χ2v) is 6.30. The quantitative estimate of drug-likeness (QED) is 0.443. The lowest BCUT2D eigenvalue weighted by atomic mass is 9.75. The van der Waals surface area contributed by atoms with Crippen molar-refractivity contribution < 1.29 is 9.53 Å². The van der Waals surface area contributed by atoms with Gasteiger partial charge in [0.15, 0.2) is 6.10 Å². The Bertz CT molecular complexity index is 349. The Kier molecular flexibility index (Phi) is 3.15. The van der Waals surface area contributed by atoms with Gasteiger partial charge in [0.1, 0.15) is 0 Å². The van der Waals surface area contributed by atoms with Gasteiger partial charge in [-0.2, -0.15) is 0 Å². The number of carbonyl (C=O) groups is 1.